The van der Waals surface area contributed by atoms with Crippen LogP contribution in [0, 0.1) is 5.92 Å². The van der Waals surface area contributed by atoms with Crippen LogP contribution in [0.2, 0.25) is 0 Å². The normalized spacial score (nSPS) is 16.4. The lowest BCUT2D eigenvalue weighted by molar-refractivity contribution is -0.185. The van der Waals surface area contributed by atoms with Crippen LogP contribution >= 0.6 is 0 Å². The Bertz CT molecular complexity index is 211. The molecular formula is C13H23F3O. The first-order valence-corrected chi connectivity index (χ1v) is 6.34. The van der Waals surface area contributed by atoms with Gasteiger partial charge in [-0.25, -0.2) is 0 Å². The first-order valence-electron chi connectivity index (χ1n) is 6.34. The molecule has 0 bridgehead atoms. The predicted molar refractivity (Wildman–Crippen MR) is 63.7 cm³/mol. The molecule has 0 saturated heterocycles. The van der Waals surface area contributed by atoms with Crippen molar-refractivity contribution in [1.29, 1.82) is 0 Å². The maximum atomic E-state index is 12.7. The first-order chi connectivity index (χ1) is 7.93. The Morgan fingerprint density at radius 2 is 1.71 bits per heavy atom. The van der Waals surface area contributed by atoms with E-state index in [2.05, 4.69) is 0 Å². The molecule has 0 aromatic carbocycles. The van der Waals surface area contributed by atoms with Crippen LogP contribution in [-0.2, 0) is 0 Å². The Labute approximate surface area is 102 Å². The smallest absolute Gasteiger partial charge is 0.392 e. The van der Waals surface area contributed by atoms with E-state index < -0.39 is 18.2 Å². The number of halogens is 3. The van der Waals surface area contributed by atoms with Crippen LogP contribution in [0.3, 0.4) is 0 Å². The number of allylic oxidation sites excluding steroid dienone is 1. The Morgan fingerprint density at radius 3 is 2.18 bits per heavy atom. The number of hydrogen-bond acceptors (Lipinski definition) is 1. The minimum absolute atomic E-state index is 0.207. The maximum Gasteiger partial charge on any atom is 0.397 e. The van der Waals surface area contributed by atoms with Crippen LogP contribution in [-0.4, -0.2) is 17.4 Å². The van der Waals surface area contributed by atoms with Crippen LogP contribution in [0.1, 0.15) is 52.4 Å². The molecule has 0 unspecified atom stereocenters. The lowest BCUT2D eigenvalue weighted by Gasteiger charge is -2.22. The van der Waals surface area contributed by atoms with Gasteiger partial charge in [-0.15, -0.1) is 0 Å². The van der Waals surface area contributed by atoms with Gasteiger partial charge in [0, 0.05) is 0 Å². The summed E-state index contributed by atoms with van der Waals surface area (Å²) in [6.07, 6.45) is 1.10. The van der Waals surface area contributed by atoms with Crippen molar-refractivity contribution >= 4 is 0 Å². The Hall–Kier alpha value is -0.510. The van der Waals surface area contributed by atoms with Gasteiger partial charge < -0.3 is 5.11 Å². The molecule has 0 aliphatic rings. The molecular weight excluding hydrogens is 229 g/mol. The summed E-state index contributed by atoms with van der Waals surface area (Å²) in [5.74, 6) is -1.72. The largest absolute Gasteiger partial charge is 0.397 e. The van der Waals surface area contributed by atoms with E-state index in [1.165, 1.54) is 6.08 Å². The number of alkyl halides is 3. The van der Waals surface area contributed by atoms with Crippen LogP contribution in [0.25, 0.3) is 0 Å². The molecule has 102 valence electrons. The van der Waals surface area contributed by atoms with Crippen molar-refractivity contribution in [1.82, 2.24) is 0 Å². The van der Waals surface area contributed by atoms with Crippen molar-refractivity contribution in [3.8, 4) is 0 Å². The summed E-state index contributed by atoms with van der Waals surface area (Å²) in [5, 5.41) is 9.56. The van der Waals surface area contributed by atoms with Gasteiger partial charge in [-0.05, 0) is 12.8 Å². The van der Waals surface area contributed by atoms with E-state index in [0.717, 1.165) is 25.3 Å². The predicted octanol–water partition coefficient (Wildman–Crippen LogP) is 4.46. The summed E-state index contributed by atoms with van der Waals surface area (Å²) in [7, 11) is 0. The number of aliphatic hydroxyl groups excluding tert-OH is 1. The minimum atomic E-state index is -4.35. The summed E-state index contributed by atoms with van der Waals surface area (Å²) in [5.41, 5.74) is 0. The lowest BCUT2D eigenvalue weighted by Crippen LogP contribution is -2.32. The number of aliphatic hydroxyl groups is 1. The fourth-order valence-corrected chi connectivity index (χ4v) is 1.61. The van der Waals surface area contributed by atoms with Gasteiger partial charge in [0.2, 0.25) is 0 Å². The lowest BCUT2D eigenvalue weighted by atomic mass is 9.96. The fourth-order valence-electron chi connectivity index (χ4n) is 1.61. The highest BCUT2D eigenvalue weighted by atomic mass is 19.4. The molecule has 0 fully saturated rings. The van der Waals surface area contributed by atoms with Crippen molar-refractivity contribution in [3.63, 3.8) is 0 Å². The number of unbranched alkanes of at least 4 members (excludes halogenated alkanes) is 3. The number of hydrogen-bond donors (Lipinski definition) is 1. The Balaban J connectivity index is 4.38. The first kappa shape index (κ1) is 16.5. The van der Waals surface area contributed by atoms with Crippen LogP contribution in [0.4, 0.5) is 13.2 Å². The Kier molecular flexibility index (Phi) is 8.30. The van der Waals surface area contributed by atoms with Crippen LogP contribution in [0.15, 0.2) is 12.2 Å². The standard InChI is InChI=1S/C13H23F3O/c1-3-5-7-8-9-11(13(14,15)16)12(17)10-6-4-2/h8-9,11-12,17H,3-7,10H2,1-2H3/b9-8-/t11-,12-/m1/s1. The average molecular weight is 252 g/mol. The maximum absolute atomic E-state index is 12.7. The molecule has 4 heteroatoms. The second kappa shape index (κ2) is 8.56. The molecule has 0 aromatic rings. The summed E-state index contributed by atoms with van der Waals surface area (Å²) in [4.78, 5) is 0. The fraction of sp³-hybridized carbons (Fsp3) is 0.846. The molecule has 0 aliphatic heterocycles. The van der Waals surface area contributed by atoms with Gasteiger partial charge in [0.05, 0.1) is 12.0 Å². The van der Waals surface area contributed by atoms with Crippen molar-refractivity contribution in [2.24, 2.45) is 5.92 Å². The molecule has 0 amide bonds. The van der Waals surface area contributed by atoms with E-state index in [-0.39, 0.29) is 6.42 Å². The molecule has 0 spiro atoms. The third-order valence-electron chi connectivity index (χ3n) is 2.71. The van der Waals surface area contributed by atoms with Gasteiger partial charge >= 0.3 is 6.18 Å². The highest BCUT2D eigenvalue weighted by Gasteiger charge is 2.41. The van der Waals surface area contributed by atoms with E-state index in [4.69, 9.17) is 0 Å². The third-order valence-corrected chi connectivity index (χ3v) is 2.71. The number of rotatable bonds is 8. The molecule has 0 aromatic heterocycles. The Morgan fingerprint density at radius 1 is 1.12 bits per heavy atom. The van der Waals surface area contributed by atoms with Gasteiger partial charge in [0.1, 0.15) is 0 Å². The summed E-state index contributed by atoms with van der Waals surface area (Å²) in [6, 6.07) is 0. The monoisotopic (exact) mass is 252 g/mol. The molecule has 1 N–H and O–H groups in total. The highest BCUT2D eigenvalue weighted by Crippen LogP contribution is 2.32. The highest BCUT2D eigenvalue weighted by molar-refractivity contribution is 4.95. The SMILES string of the molecule is CCCC/C=C\[C@H]([C@H](O)CCCC)C(F)(F)F. The van der Waals surface area contributed by atoms with Crippen molar-refractivity contribution < 1.29 is 18.3 Å². The topological polar surface area (TPSA) is 20.2 Å². The molecule has 0 radical (unpaired) electrons. The van der Waals surface area contributed by atoms with Gasteiger partial charge in [-0.3, -0.25) is 0 Å². The van der Waals surface area contributed by atoms with Crippen LogP contribution in [0.5, 0.6) is 0 Å². The molecule has 0 rings (SSSR count). The zero-order chi connectivity index (χ0) is 13.3. The second-order valence-electron chi connectivity index (χ2n) is 4.35. The third kappa shape index (κ3) is 7.42. The quantitative estimate of drug-likeness (QED) is 0.499. The van der Waals surface area contributed by atoms with E-state index in [0.29, 0.717) is 12.8 Å². The molecule has 0 aliphatic carbocycles. The summed E-state index contributed by atoms with van der Waals surface area (Å²) < 4.78 is 38.1. The van der Waals surface area contributed by atoms with Gasteiger partial charge in [0.15, 0.2) is 0 Å². The van der Waals surface area contributed by atoms with E-state index in [1.54, 1.807) is 0 Å². The van der Waals surface area contributed by atoms with Gasteiger partial charge in [0.25, 0.3) is 0 Å². The zero-order valence-electron chi connectivity index (χ0n) is 10.6. The molecule has 0 saturated carbocycles. The molecule has 1 nitrogen and oxygen atoms in total. The molecule has 0 heterocycles. The van der Waals surface area contributed by atoms with E-state index in [1.807, 2.05) is 13.8 Å². The molecule has 17 heavy (non-hydrogen) atoms. The van der Waals surface area contributed by atoms with Gasteiger partial charge in [-0.2, -0.15) is 13.2 Å². The van der Waals surface area contributed by atoms with Gasteiger partial charge in [-0.1, -0.05) is 51.7 Å². The second-order valence-corrected chi connectivity index (χ2v) is 4.35. The van der Waals surface area contributed by atoms with E-state index >= 15 is 0 Å². The zero-order valence-corrected chi connectivity index (χ0v) is 10.6. The van der Waals surface area contributed by atoms with Crippen molar-refractivity contribution in [2.75, 3.05) is 0 Å². The summed E-state index contributed by atoms with van der Waals surface area (Å²) >= 11 is 0. The van der Waals surface area contributed by atoms with Crippen LogP contribution < -0.4 is 0 Å². The minimum Gasteiger partial charge on any atom is -0.392 e. The van der Waals surface area contributed by atoms with E-state index in [9.17, 15) is 18.3 Å². The van der Waals surface area contributed by atoms with Crippen molar-refractivity contribution in [2.45, 2.75) is 64.7 Å². The molecule has 2 atom stereocenters. The average Bonchev–Trinajstić information content (AvgIpc) is 2.24. The summed E-state index contributed by atoms with van der Waals surface area (Å²) in [6.45, 7) is 3.89. The van der Waals surface area contributed by atoms with Crippen molar-refractivity contribution in [3.05, 3.63) is 12.2 Å².